The van der Waals surface area contributed by atoms with Crippen LogP contribution >= 0.6 is 0 Å². The second kappa shape index (κ2) is 5.83. The van der Waals surface area contributed by atoms with Crippen LogP contribution in [-0.2, 0) is 6.54 Å². The summed E-state index contributed by atoms with van der Waals surface area (Å²) in [6.07, 6.45) is 5.20. The Morgan fingerprint density at radius 2 is 2.21 bits per heavy atom. The lowest BCUT2D eigenvalue weighted by Crippen LogP contribution is -2.13. The zero-order chi connectivity index (χ0) is 13.7. The van der Waals surface area contributed by atoms with Gasteiger partial charge in [-0.2, -0.15) is 0 Å². The molecule has 8 nitrogen and oxygen atoms in total. The summed E-state index contributed by atoms with van der Waals surface area (Å²) >= 11 is 0. The standard InChI is InChI=1S/C11H14N6O2/c12-15-10-3-1-2-9(11(10)17(18)19)14-5-7-16-6-4-13-8-16/h1-4,6,8,14-15H,5,7,12H2. The molecule has 1 aromatic heterocycles. The maximum absolute atomic E-state index is 11.0. The van der Waals surface area contributed by atoms with Crippen LogP contribution in [-0.4, -0.2) is 21.0 Å². The zero-order valence-corrected chi connectivity index (χ0v) is 10.1. The molecule has 2 rings (SSSR count). The molecule has 0 bridgehead atoms. The van der Waals surface area contributed by atoms with Gasteiger partial charge in [-0.15, -0.1) is 0 Å². The van der Waals surface area contributed by atoms with Crippen molar-refractivity contribution in [1.29, 1.82) is 0 Å². The van der Waals surface area contributed by atoms with Gasteiger partial charge in [-0.05, 0) is 12.1 Å². The second-order valence-electron chi connectivity index (χ2n) is 3.83. The summed E-state index contributed by atoms with van der Waals surface area (Å²) in [7, 11) is 0. The number of nitrogens with one attached hydrogen (secondary N) is 2. The number of nitrogens with two attached hydrogens (primary N) is 1. The Morgan fingerprint density at radius 1 is 1.42 bits per heavy atom. The third kappa shape index (κ3) is 2.99. The highest BCUT2D eigenvalue weighted by Gasteiger charge is 2.18. The van der Waals surface area contributed by atoms with Crippen molar-refractivity contribution in [3.63, 3.8) is 0 Å². The van der Waals surface area contributed by atoms with Crippen LogP contribution in [0, 0.1) is 10.1 Å². The van der Waals surface area contributed by atoms with Crippen LogP contribution in [0.2, 0.25) is 0 Å². The molecule has 100 valence electrons. The lowest BCUT2D eigenvalue weighted by molar-refractivity contribution is -0.383. The van der Waals surface area contributed by atoms with E-state index in [1.165, 1.54) is 0 Å². The van der Waals surface area contributed by atoms with Crippen molar-refractivity contribution < 1.29 is 4.92 Å². The molecule has 1 heterocycles. The maximum atomic E-state index is 11.0. The van der Waals surface area contributed by atoms with Crippen LogP contribution in [0.25, 0.3) is 0 Å². The van der Waals surface area contributed by atoms with Gasteiger partial charge >= 0.3 is 5.69 Å². The Bertz CT molecular complexity index is 554. The van der Waals surface area contributed by atoms with E-state index in [0.29, 0.717) is 18.8 Å². The summed E-state index contributed by atoms with van der Waals surface area (Å²) in [4.78, 5) is 14.5. The summed E-state index contributed by atoms with van der Waals surface area (Å²) in [6, 6.07) is 4.90. The molecule has 0 fully saturated rings. The predicted molar refractivity (Wildman–Crippen MR) is 71.6 cm³/mol. The first-order valence-corrected chi connectivity index (χ1v) is 5.66. The Labute approximate surface area is 109 Å². The molecule has 0 aliphatic carbocycles. The van der Waals surface area contributed by atoms with Gasteiger partial charge in [-0.3, -0.25) is 16.0 Å². The Hall–Kier alpha value is -2.61. The normalized spacial score (nSPS) is 10.2. The molecule has 0 aliphatic rings. The van der Waals surface area contributed by atoms with Crippen LogP contribution in [0.5, 0.6) is 0 Å². The van der Waals surface area contributed by atoms with E-state index in [2.05, 4.69) is 15.7 Å². The van der Waals surface area contributed by atoms with Crippen LogP contribution in [0.3, 0.4) is 0 Å². The molecule has 2 aromatic rings. The number of nitro groups is 1. The van der Waals surface area contributed by atoms with Crippen molar-refractivity contribution in [1.82, 2.24) is 9.55 Å². The third-order valence-electron chi connectivity index (χ3n) is 2.62. The molecule has 4 N–H and O–H groups in total. The first-order valence-electron chi connectivity index (χ1n) is 5.66. The Balaban J connectivity index is 2.09. The van der Waals surface area contributed by atoms with E-state index in [1.54, 1.807) is 30.7 Å². The van der Waals surface area contributed by atoms with Crippen LogP contribution < -0.4 is 16.6 Å². The Morgan fingerprint density at radius 3 is 2.84 bits per heavy atom. The number of nitrogens with zero attached hydrogens (tertiary/aromatic N) is 3. The molecule has 0 unspecified atom stereocenters. The minimum absolute atomic E-state index is 0.0596. The van der Waals surface area contributed by atoms with Crippen molar-refractivity contribution >= 4 is 17.1 Å². The molecule has 0 amide bonds. The van der Waals surface area contributed by atoms with E-state index >= 15 is 0 Å². The monoisotopic (exact) mass is 262 g/mol. The molecule has 8 heteroatoms. The highest BCUT2D eigenvalue weighted by molar-refractivity contribution is 5.75. The fraction of sp³-hybridized carbons (Fsp3) is 0.182. The SMILES string of the molecule is NNc1cccc(NCCn2ccnc2)c1[N+](=O)[O-]. The smallest absolute Gasteiger partial charge is 0.316 e. The highest BCUT2D eigenvalue weighted by atomic mass is 16.6. The number of rotatable bonds is 6. The van der Waals surface area contributed by atoms with Gasteiger partial charge in [-0.1, -0.05) is 6.07 Å². The first-order chi connectivity index (χ1) is 9.22. The van der Waals surface area contributed by atoms with Crippen LogP contribution in [0.4, 0.5) is 17.1 Å². The average Bonchev–Trinajstić information content (AvgIpc) is 2.91. The number of hydrogen-bond acceptors (Lipinski definition) is 6. The van der Waals surface area contributed by atoms with Gasteiger partial charge in [0.25, 0.3) is 0 Å². The lowest BCUT2D eigenvalue weighted by atomic mass is 10.2. The number of aromatic nitrogens is 2. The van der Waals surface area contributed by atoms with Crippen molar-refractivity contribution in [3.05, 3.63) is 47.0 Å². The van der Waals surface area contributed by atoms with Crippen molar-refractivity contribution in [2.75, 3.05) is 17.3 Å². The van der Waals surface area contributed by atoms with Gasteiger partial charge in [0, 0.05) is 25.5 Å². The summed E-state index contributed by atoms with van der Waals surface area (Å²) in [6.45, 7) is 1.21. The summed E-state index contributed by atoms with van der Waals surface area (Å²) in [5, 5.41) is 14.1. The molecule has 0 saturated carbocycles. The van der Waals surface area contributed by atoms with E-state index in [1.807, 2.05) is 10.8 Å². The number of para-hydroxylation sites is 1. The van der Waals surface area contributed by atoms with E-state index in [0.717, 1.165) is 0 Å². The Kier molecular flexibility index (Phi) is 3.94. The van der Waals surface area contributed by atoms with Gasteiger partial charge in [0.2, 0.25) is 0 Å². The number of imidazole rings is 1. The third-order valence-corrected chi connectivity index (χ3v) is 2.62. The van der Waals surface area contributed by atoms with E-state index in [-0.39, 0.29) is 11.4 Å². The molecule has 0 radical (unpaired) electrons. The van der Waals surface area contributed by atoms with E-state index in [4.69, 9.17) is 5.84 Å². The summed E-state index contributed by atoms with van der Waals surface area (Å²) < 4.78 is 1.88. The summed E-state index contributed by atoms with van der Waals surface area (Å²) in [5.41, 5.74) is 2.97. The van der Waals surface area contributed by atoms with Crippen LogP contribution in [0.1, 0.15) is 0 Å². The average molecular weight is 262 g/mol. The van der Waals surface area contributed by atoms with Gasteiger partial charge in [0.1, 0.15) is 11.4 Å². The molecule has 19 heavy (non-hydrogen) atoms. The minimum atomic E-state index is -0.464. The number of anilines is 2. The largest absolute Gasteiger partial charge is 0.378 e. The van der Waals surface area contributed by atoms with Gasteiger partial charge < -0.3 is 15.3 Å². The van der Waals surface area contributed by atoms with Crippen molar-refractivity contribution in [2.24, 2.45) is 5.84 Å². The lowest BCUT2D eigenvalue weighted by Gasteiger charge is -2.10. The number of hydrazine groups is 1. The predicted octanol–water partition coefficient (Wildman–Crippen LogP) is 1.19. The zero-order valence-electron chi connectivity index (χ0n) is 10.1. The minimum Gasteiger partial charge on any atom is -0.378 e. The van der Waals surface area contributed by atoms with E-state index < -0.39 is 4.92 Å². The molecule has 0 saturated heterocycles. The highest BCUT2D eigenvalue weighted by Crippen LogP contribution is 2.31. The number of hydrogen-bond donors (Lipinski definition) is 3. The fourth-order valence-electron chi connectivity index (χ4n) is 1.74. The quantitative estimate of drug-likeness (QED) is 0.409. The molecule has 0 aliphatic heterocycles. The van der Waals surface area contributed by atoms with Crippen molar-refractivity contribution in [2.45, 2.75) is 6.54 Å². The number of nitro benzene ring substituents is 1. The van der Waals surface area contributed by atoms with Crippen molar-refractivity contribution in [3.8, 4) is 0 Å². The summed E-state index contributed by atoms with van der Waals surface area (Å²) in [5.74, 6) is 5.27. The number of nitrogen functional groups attached to an aromatic ring is 1. The molecular weight excluding hydrogens is 248 g/mol. The molecule has 0 atom stereocenters. The maximum Gasteiger partial charge on any atom is 0.316 e. The molecule has 1 aromatic carbocycles. The van der Waals surface area contributed by atoms with Gasteiger partial charge in [0.05, 0.1) is 11.3 Å². The topological polar surface area (TPSA) is 111 Å². The number of benzene rings is 1. The second-order valence-corrected chi connectivity index (χ2v) is 3.83. The van der Waals surface area contributed by atoms with Crippen LogP contribution in [0.15, 0.2) is 36.9 Å². The fourth-order valence-corrected chi connectivity index (χ4v) is 1.74. The molecular formula is C11H14N6O2. The van der Waals surface area contributed by atoms with Gasteiger partial charge in [0.15, 0.2) is 0 Å². The van der Waals surface area contributed by atoms with Gasteiger partial charge in [-0.25, -0.2) is 4.98 Å². The molecule has 0 spiro atoms. The van der Waals surface area contributed by atoms with E-state index in [9.17, 15) is 10.1 Å². The first kappa shape index (κ1) is 12.8.